The molecule has 1 amide bonds. The number of hydrogen-bond acceptors (Lipinski definition) is 6. The molecule has 0 atom stereocenters. The first-order chi connectivity index (χ1) is 17.1. The van der Waals surface area contributed by atoms with Crippen molar-refractivity contribution in [3.05, 3.63) is 65.2 Å². The largest absolute Gasteiger partial charge is 0.377 e. The highest BCUT2D eigenvalue weighted by Crippen LogP contribution is 2.30. The van der Waals surface area contributed by atoms with Gasteiger partial charge in [-0.2, -0.15) is 0 Å². The molecule has 0 spiro atoms. The summed E-state index contributed by atoms with van der Waals surface area (Å²) in [4.78, 5) is 19.2. The Labute approximate surface area is 207 Å². The van der Waals surface area contributed by atoms with Gasteiger partial charge in [-0.3, -0.25) is 14.4 Å². The molecule has 1 aliphatic rings. The van der Waals surface area contributed by atoms with Gasteiger partial charge in [-0.25, -0.2) is 0 Å². The second kappa shape index (κ2) is 11.3. The summed E-state index contributed by atoms with van der Waals surface area (Å²) in [5, 5.41) is 11.7. The average molecular weight is 475 g/mol. The van der Waals surface area contributed by atoms with E-state index in [9.17, 15) is 4.79 Å². The van der Waals surface area contributed by atoms with Crippen molar-refractivity contribution in [1.29, 1.82) is 0 Å². The van der Waals surface area contributed by atoms with Gasteiger partial charge >= 0.3 is 0 Å². The van der Waals surface area contributed by atoms with Crippen LogP contribution in [0.1, 0.15) is 62.8 Å². The number of aliphatic imine (C=N–C) groups is 1. The van der Waals surface area contributed by atoms with Crippen molar-refractivity contribution in [2.24, 2.45) is 4.99 Å². The zero-order valence-corrected chi connectivity index (χ0v) is 21.0. The van der Waals surface area contributed by atoms with Crippen molar-refractivity contribution < 1.29 is 9.53 Å². The van der Waals surface area contributed by atoms with Crippen LogP contribution in [0.3, 0.4) is 0 Å². The Morgan fingerprint density at radius 2 is 1.80 bits per heavy atom. The van der Waals surface area contributed by atoms with Crippen molar-refractivity contribution in [3.8, 4) is 5.69 Å². The smallest absolute Gasteiger partial charge is 0.224 e. The molecule has 1 aromatic heterocycles. The highest BCUT2D eigenvalue weighted by Gasteiger charge is 2.24. The molecule has 0 bridgehead atoms. The molecule has 8 heteroatoms. The average Bonchev–Trinajstić information content (AvgIpc) is 3.19. The van der Waals surface area contributed by atoms with Crippen LogP contribution >= 0.6 is 0 Å². The van der Waals surface area contributed by atoms with E-state index >= 15 is 0 Å². The molecule has 1 N–H and O–H groups in total. The summed E-state index contributed by atoms with van der Waals surface area (Å²) in [6.45, 7) is 9.03. The predicted octanol–water partition coefficient (Wildman–Crippen LogP) is 4.74. The number of carbonyl (C=O) groups is 1. The second-order valence-electron chi connectivity index (χ2n) is 8.63. The van der Waals surface area contributed by atoms with Crippen molar-refractivity contribution >= 4 is 23.0 Å². The van der Waals surface area contributed by atoms with Gasteiger partial charge in [-0.15, -0.1) is 10.2 Å². The third kappa shape index (κ3) is 5.27. The third-order valence-electron chi connectivity index (χ3n) is 6.04. The molecular formula is C27H34N6O2. The number of amides is 1. The van der Waals surface area contributed by atoms with E-state index in [0.717, 1.165) is 65.8 Å². The van der Waals surface area contributed by atoms with E-state index in [2.05, 4.69) is 57.0 Å². The number of anilines is 2. The van der Waals surface area contributed by atoms with Crippen LogP contribution in [0.5, 0.6) is 0 Å². The highest BCUT2D eigenvalue weighted by molar-refractivity contribution is 6.15. The van der Waals surface area contributed by atoms with Gasteiger partial charge < -0.3 is 15.0 Å². The Morgan fingerprint density at radius 1 is 1.06 bits per heavy atom. The lowest BCUT2D eigenvalue weighted by Crippen LogP contribution is -2.25. The van der Waals surface area contributed by atoms with Gasteiger partial charge in [0.25, 0.3) is 0 Å². The second-order valence-corrected chi connectivity index (χ2v) is 8.63. The maximum absolute atomic E-state index is 11.8. The first kappa shape index (κ1) is 24.6. The predicted molar refractivity (Wildman–Crippen MR) is 140 cm³/mol. The maximum atomic E-state index is 11.8. The van der Waals surface area contributed by atoms with Gasteiger partial charge in [-0.05, 0) is 43.2 Å². The van der Waals surface area contributed by atoms with Crippen LogP contribution in [0.15, 0.2) is 47.5 Å². The van der Waals surface area contributed by atoms with Crippen LogP contribution in [0.4, 0.5) is 11.4 Å². The zero-order chi connectivity index (χ0) is 24.8. The molecule has 2 aromatic carbocycles. The molecule has 35 heavy (non-hydrogen) atoms. The van der Waals surface area contributed by atoms with E-state index in [1.165, 1.54) is 5.69 Å². The molecule has 2 heterocycles. The lowest BCUT2D eigenvalue weighted by atomic mass is 9.99. The van der Waals surface area contributed by atoms with E-state index in [-0.39, 0.29) is 5.91 Å². The number of aromatic nitrogens is 3. The van der Waals surface area contributed by atoms with Crippen molar-refractivity contribution in [2.75, 3.05) is 30.4 Å². The van der Waals surface area contributed by atoms with E-state index in [1.807, 2.05) is 31.2 Å². The minimum absolute atomic E-state index is 0.00487. The Bertz CT molecular complexity index is 1190. The number of nitrogens with one attached hydrogen (secondary N) is 1. The molecule has 0 saturated carbocycles. The molecule has 3 aromatic rings. The Hall–Kier alpha value is -3.52. The fraction of sp³-hybridized carbons (Fsp3) is 0.407. The summed E-state index contributed by atoms with van der Waals surface area (Å²) in [5.41, 5.74) is 5.86. The van der Waals surface area contributed by atoms with Crippen LogP contribution in [0.2, 0.25) is 0 Å². The van der Waals surface area contributed by atoms with E-state index in [4.69, 9.17) is 9.73 Å². The summed E-state index contributed by atoms with van der Waals surface area (Å²) in [6.07, 6.45) is 2.61. The number of benzene rings is 2. The van der Waals surface area contributed by atoms with Gasteiger partial charge in [0.05, 0.1) is 11.4 Å². The van der Waals surface area contributed by atoms with Crippen molar-refractivity contribution in [3.63, 3.8) is 0 Å². The quantitative estimate of drug-likeness (QED) is 0.459. The Kier molecular flexibility index (Phi) is 7.92. The molecular weight excluding hydrogens is 440 g/mol. The molecule has 0 fully saturated rings. The lowest BCUT2D eigenvalue weighted by molar-refractivity contribution is -0.115. The summed E-state index contributed by atoms with van der Waals surface area (Å²) < 4.78 is 7.51. The number of fused-ring (bicyclic) bond motifs is 3. The summed E-state index contributed by atoms with van der Waals surface area (Å²) in [6, 6.07) is 14.4. The molecule has 1 aliphatic heterocycles. The number of rotatable bonds is 10. The third-order valence-corrected chi connectivity index (χ3v) is 6.04. The van der Waals surface area contributed by atoms with Crippen LogP contribution in [-0.4, -0.2) is 46.6 Å². The first-order valence-electron chi connectivity index (χ1n) is 12.4. The van der Waals surface area contributed by atoms with Crippen LogP contribution < -0.4 is 10.2 Å². The fourth-order valence-electron chi connectivity index (χ4n) is 4.41. The van der Waals surface area contributed by atoms with Crippen LogP contribution in [0, 0.1) is 0 Å². The topological polar surface area (TPSA) is 84.6 Å². The number of nitrogens with zero attached hydrogens (tertiary/aromatic N) is 5. The van der Waals surface area contributed by atoms with Crippen LogP contribution in [0.25, 0.3) is 5.69 Å². The minimum atomic E-state index is -0.00487. The molecule has 184 valence electrons. The summed E-state index contributed by atoms with van der Waals surface area (Å²) >= 11 is 0. The monoisotopic (exact) mass is 474 g/mol. The standard InChI is InChI=1S/C27H34N6O2/c1-5-14-32(15-6-2)21-12-13-22-23(16-21)33-24(30-31-25(33)18-35-4)17-28-27(22)19-8-10-20(11-9-19)29-26(34)7-3/h8-13,16H,5-7,14-15,17-18H2,1-4H3,(H,29,34). The highest BCUT2D eigenvalue weighted by atomic mass is 16.5. The van der Waals surface area contributed by atoms with E-state index < -0.39 is 0 Å². The van der Waals surface area contributed by atoms with Crippen LogP contribution in [-0.2, 0) is 22.7 Å². The Morgan fingerprint density at radius 3 is 2.46 bits per heavy atom. The van der Waals surface area contributed by atoms with Gasteiger partial charge in [0, 0.05) is 49.1 Å². The first-order valence-corrected chi connectivity index (χ1v) is 12.4. The molecule has 0 unspecified atom stereocenters. The molecule has 0 aliphatic carbocycles. The van der Waals surface area contributed by atoms with Crippen molar-refractivity contribution in [2.45, 2.75) is 53.2 Å². The molecule has 0 radical (unpaired) electrons. The molecule has 4 rings (SSSR count). The van der Waals surface area contributed by atoms with Gasteiger partial charge in [0.1, 0.15) is 13.2 Å². The van der Waals surface area contributed by atoms with Gasteiger partial charge in [-0.1, -0.05) is 32.9 Å². The number of carbonyl (C=O) groups excluding carboxylic acids is 1. The normalized spacial score (nSPS) is 12.4. The van der Waals surface area contributed by atoms with Gasteiger partial charge in [0.2, 0.25) is 5.91 Å². The number of hydrogen-bond donors (Lipinski definition) is 1. The summed E-state index contributed by atoms with van der Waals surface area (Å²) in [7, 11) is 1.67. The van der Waals surface area contributed by atoms with E-state index in [1.54, 1.807) is 7.11 Å². The maximum Gasteiger partial charge on any atom is 0.224 e. The SMILES string of the molecule is CCCN(CCC)c1ccc2c(c1)-n1c(nnc1COC)CN=C2c1ccc(NC(=O)CC)cc1. The van der Waals surface area contributed by atoms with E-state index in [0.29, 0.717) is 19.6 Å². The zero-order valence-electron chi connectivity index (χ0n) is 21.0. The minimum Gasteiger partial charge on any atom is -0.377 e. The Balaban J connectivity index is 1.81. The number of methoxy groups -OCH3 is 1. The van der Waals surface area contributed by atoms with Crippen molar-refractivity contribution in [1.82, 2.24) is 14.8 Å². The molecule has 8 nitrogen and oxygen atoms in total. The lowest BCUT2D eigenvalue weighted by Gasteiger charge is -2.25. The fourth-order valence-corrected chi connectivity index (χ4v) is 4.41. The molecule has 0 saturated heterocycles. The van der Waals surface area contributed by atoms with Gasteiger partial charge in [0.15, 0.2) is 11.6 Å². The number of ether oxygens (including phenoxy) is 1. The summed E-state index contributed by atoms with van der Waals surface area (Å²) in [5.74, 6) is 1.54.